The Kier molecular flexibility index (Phi) is 2.76. The van der Waals surface area contributed by atoms with E-state index in [-0.39, 0.29) is 5.78 Å². The van der Waals surface area contributed by atoms with E-state index in [1.165, 1.54) is 6.92 Å². The topological polar surface area (TPSA) is 30.2 Å². The van der Waals surface area contributed by atoms with Gasteiger partial charge in [0.05, 0.1) is 5.56 Å². The van der Waals surface area contributed by atoms with Crippen molar-refractivity contribution in [1.29, 1.82) is 0 Å². The molecule has 0 aliphatic rings. The number of benzene rings is 1. The Morgan fingerprint density at radius 3 is 2.56 bits per heavy atom. The molecule has 1 heterocycles. The summed E-state index contributed by atoms with van der Waals surface area (Å²) in [5, 5.41) is 1.45. The number of furan rings is 1. The second-order valence-corrected chi connectivity index (χ2v) is 4.67. The summed E-state index contributed by atoms with van der Waals surface area (Å²) in [6, 6.07) is 5.41. The molecule has 0 saturated heterocycles. The maximum Gasteiger partial charge on any atom is 0.163 e. The zero-order valence-corrected chi connectivity index (χ0v) is 10.3. The Morgan fingerprint density at radius 1 is 1.31 bits per heavy atom. The minimum Gasteiger partial charge on any atom is -0.460 e. The van der Waals surface area contributed by atoms with Crippen LogP contribution in [-0.2, 0) is 0 Å². The van der Waals surface area contributed by atoms with E-state index < -0.39 is 0 Å². The SMILES string of the molecule is CC(=O)c1cc(Cl)cc2cc(C(C)C)oc12. The number of rotatable bonds is 2. The van der Waals surface area contributed by atoms with E-state index in [0.717, 1.165) is 11.1 Å². The average molecular weight is 237 g/mol. The largest absolute Gasteiger partial charge is 0.460 e. The molecule has 1 aromatic carbocycles. The highest BCUT2D eigenvalue weighted by molar-refractivity contribution is 6.32. The molecule has 0 spiro atoms. The summed E-state index contributed by atoms with van der Waals surface area (Å²) in [5.74, 6) is 1.14. The zero-order chi connectivity index (χ0) is 11.9. The Bertz CT molecular complexity index is 552. The van der Waals surface area contributed by atoms with E-state index >= 15 is 0 Å². The maximum absolute atomic E-state index is 11.5. The minimum atomic E-state index is -0.0304. The molecule has 0 fully saturated rings. The monoisotopic (exact) mass is 236 g/mol. The van der Waals surface area contributed by atoms with Crippen LogP contribution in [0.3, 0.4) is 0 Å². The van der Waals surface area contributed by atoms with Crippen LogP contribution < -0.4 is 0 Å². The second kappa shape index (κ2) is 3.95. The van der Waals surface area contributed by atoms with E-state index in [1.54, 1.807) is 6.07 Å². The lowest BCUT2D eigenvalue weighted by molar-refractivity contribution is 0.101. The number of hydrogen-bond acceptors (Lipinski definition) is 2. The standard InChI is InChI=1S/C13H13ClO2/c1-7(2)12-5-9-4-10(14)6-11(8(3)15)13(9)16-12/h4-7H,1-3H3. The van der Waals surface area contributed by atoms with Gasteiger partial charge in [-0.05, 0) is 25.1 Å². The van der Waals surface area contributed by atoms with E-state index in [2.05, 4.69) is 0 Å². The van der Waals surface area contributed by atoms with Gasteiger partial charge in [0.25, 0.3) is 0 Å². The van der Waals surface area contributed by atoms with Crippen LogP contribution in [0.5, 0.6) is 0 Å². The summed E-state index contributed by atoms with van der Waals surface area (Å²) in [4.78, 5) is 11.5. The molecular weight excluding hydrogens is 224 g/mol. The molecule has 2 rings (SSSR count). The fraction of sp³-hybridized carbons (Fsp3) is 0.308. The van der Waals surface area contributed by atoms with Crippen molar-refractivity contribution < 1.29 is 9.21 Å². The van der Waals surface area contributed by atoms with Crippen LogP contribution in [0.2, 0.25) is 5.02 Å². The van der Waals surface area contributed by atoms with Gasteiger partial charge in [0, 0.05) is 16.3 Å². The lowest BCUT2D eigenvalue weighted by Gasteiger charge is -1.99. The third kappa shape index (κ3) is 1.85. The summed E-state index contributed by atoms with van der Waals surface area (Å²) in [5.41, 5.74) is 1.19. The van der Waals surface area contributed by atoms with Crippen molar-refractivity contribution in [2.24, 2.45) is 0 Å². The van der Waals surface area contributed by atoms with Gasteiger partial charge in [-0.25, -0.2) is 0 Å². The molecule has 0 unspecified atom stereocenters. The number of hydrogen-bond donors (Lipinski definition) is 0. The van der Waals surface area contributed by atoms with Gasteiger partial charge in [0.15, 0.2) is 5.78 Å². The van der Waals surface area contributed by atoms with Crippen molar-refractivity contribution in [3.63, 3.8) is 0 Å². The van der Waals surface area contributed by atoms with Gasteiger partial charge in [-0.1, -0.05) is 25.4 Å². The van der Waals surface area contributed by atoms with Crippen LogP contribution in [0.15, 0.2) is 22.6 Å². The van der Waals surface area contributed by atoms with Crippen molar-refractivity contribution in [2.45, 2.75) is 26.7 Å². The molecule has 1 aromatic heterocycles. The Morgan fingerprint density at radius 2 is 2.00 bits per heavy atom. The maximum atomic E-state index is 11.5. The van der Waals surface area contributed by atoms with E-state index in [4.69, 9.17) is 16.0 Å². The van der Waals surface area contributed by atoms with Crippen LogP contribution in [0, 0.1) is 0 Å². The lowest BCUT2D eigenvalue weighted by atomic mass is 10.1. The smallest absolute Gasteiger partial charge is 0.163 e. The molecule has 0 aliphatic heterocycles. The first-order valence-corrected chi connectivity index (χ1v) is 5.60. The fourth-order valence-corrected chi connectivity index (χ4v) is 1.91. The summed E-state index contributed by atoms with van der Waals surface area (Å²) in [6.07, 6.45) is 0. The quantitative estimate of drug-likeness (QED) is 0.723. The van der Waals surface area contributed by atoms with Crippen molar-refractivity contribution in [3.05, 3.63) is 34.5 Å². The minimum absolute atomic E-state index is 0.0304. The molecule has 0 radical (unpaired) electrons. The molecule has 0 aliphatic carbocycles. The summed E-state index contributed by atoms with van der Waals surface area (Å²) >= 11 is 5.96. The zero-order valence-electron chi connectivity index (χ0n) is 9.50. The van der Waals surface area contributed by atoms with Crippen molar-refractivity contribution in [2.75, 3.05) is 0 Å². The van der Waals surface area contributed by atoms with Crippen LogP contribution in [0.4, 0.5) is 0 Å². The van der Waals surface area contributed by atoms with Crippen molar-refractivity contribution >= 4 is 28.4 Å². The first-order chi connectivity index (χ1) is 7.49. The molecule has 0 saturated carbocycles. The van der Waals surface area contributed by atoms with Crippen LogP contribution in [0.1, 0.15) is 42.8 Å². The Labute approximate surface area is 99.2 Å². The highest BCUT2D eigenvalue weighted by Gasteiger charge is 2.14. The number of carbonyl (C=O) groups excluding carboxylic acids is 1. The van der Waals surface area contributed by atoms with Gasteiger partial charge >= 0.3 is 0 Å². The predicted molar refractivity (Wildman–Crippen MR) is 65.3 cm³/mol. The fourth-order valence-electron chi connectivity index (χ4n) is 1.68. The lowest BCUT2D eigenvalue weighted by Crippen LogP contribution is -1.92. The molecule has 2 nitrogen and oxygen atoms in total. The number of ketones is 1. The van der Waals surface area contributed by atoms with Crippen LogP contribution in [0.25, 0.3) is 11.0 Å². The molecule has 0 N–H and O–H groups in total. The molecule has 16 heavy (non-hydrogen) atoms. The molecular formula is C13H13ClO2. The molecule has 0 bridgehead atoms. The van der Waals surface area contributed by atoms with Gasteiger partial charge in [-0.15, -0.1) is 0 Å². The second-order valence-electron chi connectivity index (χ2n) is 4.23. The molecule has 0 amide bonds. The Hall–Kier alpha value is -1.28. The predicted octanol–water partition coefficient (Wildman–Crippen LogP) is 4.41. The Balaban J connectivity index is 2.75. The number of Topliss-reactive ketones (excluding diaryl/α,β-unsaturated/α-hetero) is 1. The molecule has 2 aromatic rings. The van der Waals surface area contributed by atoms with E-state index in [9.17, 15) is 4.79 Å². The van der Waals surface area contributed by atoms with Gasteiger partial charge in [0.1, 0.15) is 11.3 Å². The van der Waals surface area contributed by atoms with E-state index in [1.807, 2.05) is 26.0 Å². The summed E-state index contributed by atoms with van der Waals surface area (Å²) in [7, 11) is 0. The third-order valence-electron chi connectivity index (χ3n) is 2.55. The van der Waals surface area contributed by atoms with Gasteiger partial charge < -0.3 is 4.42 Å². The van der Waals surface area contributed by atoms with Crippen molar-refractivity contribution in [1.82, 2.24) is 0 Å². The van der Waals surface area contributed by atoms with Gasteiger partial charge in [-0.3, -0.25) is 4.79 Å². The highest BCUT2D eigenvalue weighted by Crippen LogP contribution is 2.30. The first-order valence-electron chi connectivity index (χ1n) is 5.23. The molecule has 0 atom stereocenters. The molecule has 3 heteroatoms. The van der Waals surface area contributed by atoms with E-state index in [0.29, 0.717) is 22.1 Å². The highest BCUT2D eigenvalue weighted by atomic mass is 35.5. The average Bonchev–Trinajstić information content (AvgIpc) is 2.59. The normalized spacial score (nSPS) is 11.3. The third-order valence-corrected chi connectivity index (χ3v) is 2.77. The van der Waals surface area contributed by atoms with Gasteiger partial charge in [0.2, 0.25) is 0 Å². The first kappa shape index (κ1) is 11.2. The number of halogens is 1. The summed E-state index contributed by atoms with van der Waals surface area (Å²) < 4.78 is 5.70. The van der Waals surface area contributed by atoms with Crippen molar-refractivity contribution in [3.8, 4) is 0 Å². The number of carbonyl (C=O) groups is 1. The molecule has 84 valence electrons. The van der Waals surface area contributed by atoms with Gasteiger partial charge in [-0.2, -0.15) is 0 Å². The van der Waals surface area contributed by atoms with Crippen LogP contribution in [-0.4, -0.2) is 5.78 Å². The summed E-state index contributed by atoms with van der Waals surface area (Å²) in [6.45, 7) is 5.61. The van der Waals surface area contributed by atoms with Crippen LogP contribution >= 0.6 is 11.6 Å². The number of fused-ring (bicyclic) bond motifs is 1.